The zero-order valence-corrected chi connectivity index (χ0v) is 17.1. The highest BCUT2D eigenvalue weighted by atomic mass is 79.9. The number of sulfonamides is 1. The van der Waals surface area contributed by atoms with E-state index >= 15 is 0 Å². The van der Waals surface area contributed by atoms with E-state index in [1.165, 1.54) is 25.3 Å². The number of carbonyl (C=O) groups is 1. The quantitative estimate of drug-likeness (QED) is 0.460. The van der Waals surface area contributed by atoms with Gasteiger partial charge in [-0.3, -0.25) is 4.72 Å². The van der Waals surface area contributed by atoms with Gasteiger partial charge in [0, 0.05) is 10.5 Å². The average molecular weight is 500 g/mol. The van der Waals surface area contributed by atoms with Crippen molar-refractivity contribution in [2.75, 3.05) is 18.9 Å². The first-order chi connectivity index (χ1) is 13.4. The van der Waals surface area contributed by atoms with Gasteiger partial charge in [0.25, 0.3) is 10.0 Å². The molecule has 29 heavy (non-hydrogen) atoms. The maximum Gasteiger partial charge on any atom is 0.573 e. The molecule has 0 atom stereocenters. The Morgan fingerprint density at radius 1 is 1.17 bits per heavy atom. The third kappa shape index (κ3) is 5.44. The number of rotatable bonds is 6. The van der Waals surface area contributed by atoms with Crippen molar-refractivity contribution in [2.45, 2.75) is 11.3 Å². The summed E-state index contributed by atoms with van der Waals surface area (Å²) < 4.78 is 78.6. The second kappa shape index (κ2) is 8.37. The number of esters is 1. The first kappa shape index (κ1) is 22.6. The maximum absolute atomic E-state index is 12.7. The number of nitrogens with one attached hydrogen (secondary N) is 1. The van der Waals surface area contributed by atoms with Crippen LogP contribution in [0.3, 0.4) is 0 Å². The molecule has 0 aliphatic carbocycles. The van der Waals surface area contributed by atoms with Crippen LogP contribution in [0.25, 0.3) is 0 Å². The second-order valence-corrected chi connectivity index (χ2v) is 7.87. The van der Waals surface area contributed by atoms with Crippen molar-refractivity contribution < 1.29 is 45.7 Å². The van der Waals surface area contributed by atoms with Gasteiger partial charge < -0.3 is 19.3 Å². The lowest BCUT2D eigenvalue weighted by Crippen LogP contribution is -2.19. The van der Waals surface area contributed by atoms with Crippen molar-refractivity contribution >= 4 is 37.6 Å². The van der Waals surface area contributed by atoms with E-state index < -0.39 is 45.1 Å². The predicted octanol–water partition coefficient (Wildman–Crippen LogP) is 3.65. The number of alkyl halides is 3. The summed E-state index contributed by atoms with van der Waals surface area (Å²) in [6.07, 6.45) is -5.13. The molecule has 0 fully saturated rings. The fraction of sp³-hybridized carbons (Fsp3) is 0.188. The molecule has 2 rings (SSSR count). The van der Waals surface area contributed by atoms with Gasteiger partial charge in [-0.1, -0.05) is 15.9 Å². The smallest absolute Gasteiger partial charge is 0.505 e. The number of phenols is 1. The maximum atomic E-state index is 12.7. The number of halogens is 4. The van der Waals surface area contributed by atoms with E-state index in [4.69, 9.17) is 4.74 Å². The van der Waals surface area contributed by atoms with E-state index in [1.807, 2.05) is 4.72 Å². The standard InChI is InChI=1S/C16H13BrF3NO7S/c1-26-12-4-3-8(17)5-13(12)29(24,25)21-11-7-9(28-16(18,19)20)6-10(14(11)22)15(23)27-2/h3-7,21-22H,1-2H3. The second-order valence-electron chi connectivity index (χ2n) is 5.31. The van der Waals surface area contributed by atoms with Gasteiger partial charge in [-0.25, -0.2) is 13.2 Å². The summed E-state index contributed by atoms with van der Waals surface area (Å²) in [6, 6.07) is 5.14. The number of hydrogen-bond acceptors (Lipinski definition) is 7. The Kier molecular flexibility index (Phi) is 6.53. The number of carbonyl (C=O) groups excluding carboxylic acids is 1. The highest BCUT2D eigenvalue weighted by molar-refractivity contribution is 9.10. The van der Waals surface area contributed by atoms with Crippen LogP contribution in [-0.2, 0) is 14.8 Å². The molecule has 0 bridgehead atoms. The molecule has 0 spiro atoms. The van der Waals surface area contributed by atoms with Gasteiger partial charge in [0.1, 0.15) is 22.0 Å². The lowest BCUT2D eigenvalue weighted by Gasteiger charge is -2.16. The van der Waals surface area contributed by atoms with Gasteiger partial charge in [-0.2, -0.15) is 0 Å². The Hall–Kier alpha value is -2.67. The monoisotopic (exact) mass is 499 g/mol. The molecular formula is C16H13BrF3NO7S. The molecule has 0 amide bonds. The van der Waals surface area contributed by atoms with Crippen LogP contribution in [-0.4, -0.2) is 40.1 Å². The fourth-order valence-corrected chi connectivity index (χ4v) is 3.97. The van der Waals surface area contributed by atoms with Crippen LogP contribution in [0.1, 0.15) is 10.4 Å². The average Bonchev–Trinajstić information content (AvgIpc) is 2.62. The number of hydrogen-bond donors (Lipinski definition) is 2. The van der Waals surface area contributed by atoms with E-state index in [0.717, 1.165) is 7.11 Å². The number of phenolic OH excluding ortho intramolecular Hbond substituents is 1. The fourth-order valence-electron chi connectivity index (χ4n) is 2.20. The molecule has 2 aromatic carbocycles. The van der Waals surface area contributed by atoms with E-state index in [2.05, 4.69) is 25.4 Å². The molecular weight excluding hydrogens is 487 g/mol. The molecule has 0 radical (unpaired) electrons. The van der Waals surface area contributed by atoms with Crippen LogP contribution in [0.5, 0.6) is 17.2 Å². The summed E-state index contributed by atoms with van der Waals surface area (Å²) in [5.74, 6) is -3.19. The van der Waals surface area contributed by atoms with Crippen LogP contribution in [0.2, 0.25) is 0 Å². The lowest BCUT2D eigenvalue weighted by atomic mass is 10.1. The molecule has 2 N–H and O–H groups in total. The molecule has 0 aromatic heterocycles. The highest BCUT2D eigenvalue weighted by Crippen LogP contribution is 2.38. The van der Waals surface area contributed by atoms with Crippen LogP contribution in [0, 0.1) is 0 Å². The molecule has 0 aliphatic rings. The van der Waals surface area contributed by atoms with Crippen LogP contribution in [0.4, 0.5) is 18.9 Å². The highest BCUT2D eigenvalue weighted by Gasteiger charge is 2.33. The first-order valence-electron chi connectivity index (χ1n) is 7.45. The Balaban J connectivity index is 2.60. The molecule has 0 saturated carbocycles. The molecule has 2 aromatic rings. The van der Waals surface area contributed by atoms with Crippen molar-refractivity contribution in [3.63, 3.8) is 0 Å². The lowest BCUT2D eigenvalue weighted by molar-refractivity contribution is -0.274. The van der Waals surface area contributed by atoms with E-state index in [9.17, 15) is 31.5 Å². The van der Waals surface area contributed by atoms with Crippen molar-refractivity contribution in [1.82, 2.24) is 0 Å². The minimum atomic E-state index is -5.13. The predicted molar refractivity (Wildman–Crippen MR) is 97.6 cm³/mol. The van der Waals surface area contributed by atoms with Gasteiger partial charge in [0.2, 0.25) is 0 Å². The number of aromatic hydroxyl groups is 1. The number of methoxy groups -OCH3 is 2. The SMILES string of the molecule is COC(=O)c1cc(OC(F)(F)F)cc(NS(=O)(=O)c2cc(Br)ccc2OC)c1O. The van der Waals surface area contributed by atoms with E-state index in [-0.39, 0.29) is 10.6 Å². The summed E-state index contributed by atoms with van der Waals surface area (Å²) in [7, 11) is -2.32. The number of ether oxygens (including phenoxy) is 3. The number of benzene rings is 2. The van der Waals surface area contributed by atoms with Crippen LogP contribution in [0.15, 0.2) is 39.7 Å². The van der Waals surface area contributed by atoms with Crippen molar-refractivity contribution in [3.05, 3.63) is 40.4 Å². The largest absolute Gasteiger partial charge is 0.573 e. The van der Waals surface area contributed by atoms with Crippen molar-refractivity contribution in [2.24, 2.45) is 0 Å². The first-order valence-corrected chi connectivity index (χ1v) is 9.73. The van der Waals surface area contributed by atoms with Crippen molar-refractivity contribution in [3.8, 4) is 17.2 Å². The van der Waals surface area contributed by atoms with Gasteiger partial charge in [0.05, 0.1) is 19.9 Å². The summed E-state index contributed by atoms with van der Waals surface area (Å²) in [5.41, 5.74) is -1.48. The number of anilines is 1. The summed E-state index contributed by atoms with van der Waals surface area (Å²) in [6.45, 7) is 0. The van der Waals surface area contributed by atoms with E-state index in [0.29, 0.717) is 16.6 Å². The van der Waals surface area contributed by atoms with Crippen LogP contribution < -0.4 is 14.2 Å². The minimum absolute atomic E-state index is 0.0731. The third-order valence-corrected chi connectivity index (χ3v) is 5.26. The normalized spacial score (nSPS) is 11.7. The Morgan fingerprint density at radius 3 is 2.38 bits per heavy atom. The van der Waals surface area contributed by atoms with Gasteiger partial charge >= 0.3 is 12.3 Å². The Morgan fingerprint density at radius 2 is 1.83 bits per heavy atom. The third-order valence-electron chi connectivity index (χ3n) is 3.38. The molecule has 0 saturated heterocycles. The minimum Gasteiger partial charge on any atom is -0.505 e. The van der Waals surface area contributed by atoms with Gasteiger partial charge in [0.15, 0.2) is 5.75 Å². The molecule has 0 aliphatic heterocycles. The van der Waals surface area contributed by atoms with Gasteiger partial charge in [-0.15, -0.1) is 13.2 Å². The zero-order chi connectivity index (χ0) is 22.0. The zero-order valence-electron chi connectivity index (χ0n) is 14.7. The molecule has 0 heterocycles. The summed E-state index contributed by atoms with van der Waals surface area (Å²) in [4.78, 5) is 11.4. The Bertz CT molecular complexity index is 1040. The van der Waals surface area contributed by atoms with Crippen molar-refractivity contribution in [1.29, 1.82) is 0 Å². The molecule has 8 nitrogen and oxygen atoms in total. The molecule has 158 valence electrons. The van der Waals surface area contributed by atoms with E-state index in [1.54, 1.807) is 0 Å². The van der Waals surface area contributed by atoms with Gasteiger partial charge in [-0.05, 0) is 24.3 Å². The summed E-state index contributed by atoms with van der Waals surface area (Å²) >= 11 is 3.10. The topological polar surface area (TPSA) is 111 Å². The molecule has 13 heteroatoms. The van der Waals surface area contributed by atoms with Crippen LogP contribution >= 0.6 is 15.9 Å². The summed E-state index contributed by atoms with van der Waals surface area (Å²) in [5, 5.41) is 10.2. The molecule has 0 unspecified atom stereocenters. The Labute approximate surface area is 171 Å².